The summed E-state index contributed by atoms with van der Waals surface area (Å²) in [5.74, 6) is 0.435. The number of hydrogen-bond acceptors (Lipinski definition) is 4. The van der Waals surface area contributed by atoms with Crippen LogP contribution in [0.1, 0.15) is 33.6 Å². The zero-order chi connectivity index (χ0) is 13.7. The summed E-state index contributed by atoms with van der Waals surface area (Å²) in [7, 11) is -4.54. The molecule has 0 radical (unpaired) electrons. The summed E-state index contributed by atoms with van der Waals surface area (Å²) in [6.07, 6.45) is 1.72. The fraction of sp³-hybridized carbons (Fsp3) is 1.00. The molecule has 17 heavy (non-hydrogen) atoms. The van der Waals surface area contributed by atoms with Gasteiger partial charge in [-0.1, -0.05) is 27.2 Å². The third-order valence-corrected chi connectivity index (χ3v) is 3.42. The first-order chi connectivity index (χ1) is 7.60. The normalized spacial score (nSPS) is 18.1. The average Bonchev–Trinajstić information content (AvgIpc) is 2.21. The van der Waals surface area contributed by atoms with E-state index in [9.17, 15) is 9.67 Å². The summed E-state index contributed by atoms with van der Waals surface area (Å²) >= 11 is 0. The first kappa shape index (κ1) is 17.0. The second-order valence-corrected chi connectivity index (χ2v) is 6.27. The molecule has 0 rings (SSSR count). The zero-order valence-corrected chi connectivity index (χ0v) is 11.6. The van der Waals surface area contributed by atoms with E-state index in [1.54, 1.807) is 0 Å². The van der Waals surface area contributed by atoms with Gasteiger partial charge in [0.25, 0.3) is 0 Å². The minimum atomic E-state index is -4.54. The molecule has 0 aliphatic carbocycles. The summed E-state index contributed by atoms with van der Waals surface area (Å²) in [4.78, 5) is 17.3. The van der Waals surface area contributed by atoms with E-state index in [1.165, 1.54) is 0 Å². The molecular formula is C10H24NO5P. The molecule has 0 aliphatic rings. The molecule has 0 spiro atoms. The minimum absolute atomic E-state index is 0.0820. The number of rotatable bonds is 8. The largest absolute Gasteiger partial charge is 0.469 e. The molecular weight excluding hydrogens is 245 g/mol. The molecule has 0 aliphatic heterocycles. The second-order valence-electron chi connectivity index (χ2n) is 5.03. The molecule has 0 saturated carbocycles. The van der Waals surface area contributed by atoms with E-state index in [2.05, 4.69) is 18.4 Å². The molecule has 2 atom stereocenters. The van der Waals surface area contributed by atoms with Gasteiger partial charge in [-0.2, -0.15) is 0 Å². The van der Waals surface area contributed by atoms with Crippen molar-refractivity contribution in [2.75, 3.05) is 13.2 Å². The topological polar surface area (TPSA) is 113 Å². The molecule has 5 N–H and O–H groups in total. The van der Waals surface area contributed by atoms with E-state index in [0.29, 0.717) is 5.92 Å². The van der Waals surface area contributed by atoms with E-state index in [-0.39, 0.29) is 19.1 Å². The maximum Gasteiger partial charge on any atom is 0.469 e. The number of phosphoric ester groups is 1. The molecule has 0 bridgehead atoms. The monoisotopic (exact) mass is 269 g/mol. The molecule has 6 nitrogen and oxygen atoms in total. The van der Waals surface area contributed by atoms with Gasteiger partial charge in [-0.05, 0) is 18.3 Å². The van der Waals surface area contributed by atoms with Crippen molar-refractivity contribution in [3.63, 3.8) is 0 Å². The van der Waals surface area contributed by atoms with Gasteiger partial charge in [-0.3, -0.25) is 4.52 Å². The molecule has 0 heterocycles. The van der Waals surface area contributed by atoms with Crippen molar-refractivity contribution in [3.8, 4) is 0 Å². The number of phosphoric acid groups is 1. The Morgan fingerprint density at radius 1 is 1.29 bits per heavy atom. The van der Waals surface area contributed by atoms with Crippen LogP contribution in [0.4, 0.5) is 0 Å². The van der Waals surface area contributed by atoms with E-state index in [0.717, 1.165) is 12.8 Å². The number of aliphatic hydroxyl groups excluding tert-OH is 1. The summed E-state index contributed by atoms with van der Waals surface area (Å²) in [6, 6.07) is 0. The van der Waals surface area contributed by atoms with Crippen LogP contribution in [0.3, 0.4) is 0 Å². The minimum Gasteiger partial charge on any atom is -0.394 e. The summed E-state index contributed by atoms with van der Waals surface area (Å²) in [6.45, 7) is 5.28. The summed E-state index contributed by atoms with van der Waals surface area (Å²) in [5, 5.41) is 9.26. The van der Waals surface area contributed by atoms with Crippen molar-refractivity contribution in [1.29, 1.82) is 0 Å². The quantitative estimate of drug-likeness (QED) is 0.486. The van der Waals surface area contributed by atoms with Crippen molar-refractivity contribution in [2.45, 2.75) is 39.2 Å². The first-order valence-corrected chi connectivity index (χ1v) is 7.23. The smallest absolute Gasteiger partial charge is 0.394 e. The highest BCUT2D eigenvalue weighted by Crippen LogP contribution is 2.37. The van der Waals surface area contributed by atoms with Crippen LogP contribution in [0.15, 0.2) is 0 Å². The molecule has 0 amide bonds. The van der Waals surface area contributed by atoms with E-state index in [4.69, 9.17) is 15.5 Å². The summed E-state index contributed by atoms with van der Waals surface area (Å²) < 4.78 is 15.0. The highest BCUT2D eigenvalue weighted by Gasteiger charge is 2.34. The highest BCUT2D eigenvalue weighted by atomic mass is 31.2. The Balaban J connectivity index is 4.38. The van der Waals surface area contributed by atoms with Crippen LogP contribution in [0.5, 0.6) is 0 Å². The van der Waals surface area contributed by atoms with Crippen LogP contribution < -0.4 is 5.73 Å². The van der Waals surface area contributed by atoms with Crippen LogP contribution in [0.25, 0.3) is 0 Å². The van der Waals surface area contributed by atoms with Crippen molar-refractivity contribution < 1.29 is 24.0 Å². The van der Waals surface area contributed by atoms with Crippen molar-refractivity contribution in [3.05, 3.63) is 0 Å². The van der Waals surface area contributed by atoms with Crippen LogP contribution in [-0.4, -0.2) is 33.6 Å². The van der Waals surface area contributed by atoms with Gasteiger partial charge >= 0.3 is 7.82 Å². The Morgan fingerprint density at radius 3 is 2.18 bits per heavy atom. The Labute approximate surface area is 102 Å². The molecule has 0 aromatic rings. The van der Waals surface area contributed by atoms with Gasteiger partial charge in [0, 0.05) is 0 Å². The van der Waals surface area contributed by atoms with Crippen LogP contribution in [-0.2, 0) is 9.09 Å². The van der Waals surface area contributed by atoms with Gasteiger partial charge < -0.3 is 20.6 Å². The lowest BCUT2D eigenvalue weighted by molar-refractivity contribution is 0.0695. The zero-order valence-electron chi connectivity index (χ0n) is 10.7. The Hall–Kier alpha value is 0.0300. The highest BCUT2D eigenvalue weighted by molar-refractivity contribution is 7.46. The van der Waals surface area contributed by atoms with Crippen LogP contribution >= 0.6 is 7.82 Å². The predicted molar refractivity (Wildman–Crippen MR) is 65.2 cm³/mol. The summed E-state index contributed by atoms with van der Waals surface area (Å²) in [5.41, 5.74) is 4.80. The molecule has 0 fully saturated rings. The number of nitrogens with two attached hydrogens (primary N) is 1. The third kappa shape index (κ3) is 7.13. The fourth-order valence-electron chi connectivity index (χ4n) is 1.42. The van der Waals surface area contributed by atoms with Crippen LogP contribution in [0, 0.1) is 11.8 Å². The molecule has 104 valence electrons. The molecule has 2 unspecified atom stereocenters. The van der Waals surface area contributed by atoms with Crippen molar-refractivity contribution in [2.24, 2.45) is 17.6 Å². The van der Waals surface area contributed by atoms with Gasteiger partial charge in [0.05, 0.1) is 18.8 Å². The Morgan fingerprint density at radius 2 is 1.82 bits per heavy atom. The van der Waals surface area contributed by atoms with Crippen LogP contribution in [0.2, 0.25) is 0 Å². The Kier molecular flexibility index (Phi) is 6.84. The van der Waals surface area contributed by atoms with E-state index >= 15 is 0 Å². The van der Waals surface area contributed by atoms with Gasteiger partial charge in [0.1, 0.15) is 0 Å². The first-order valence-electron chi connectivity index (χ1n) is 5.70. The van der Waals surface area contributed by atoms with Crippen molar-refractivity contribution >= 4 is 7.82 Å². The predicted octanol–water partition coefficient (Wildman–Crippen LogP) is 0.858. The number of aliphatic hydroxyl groups is 1. The molecule has 0 aromatic carbocycles. The maximum atomic E-state index is 10.6. The molecule has 7 heteroatoms. The van der Waals surface area contributed by atoms with Gasteiger partial charge in [0.15, 0.2) is 0 Å². The SMILES string of the molecule is CC(C)CCC(C)C(N)(CO)COP(=O)(O)O. The fourth-order valence-corrected chi connectivity index (χ4v) is 1.83. The third-order valence-electron chi connectivity index (χ3n) is 2.95. The molecule has 0 saturated heterocycles. The van der Waals surface area contributed by atoms with E-state index < -0.39 is 13.4 Å². The maximum absolute atomic E-state index is 10.6. The van der Waals surface area contributed by atoms with Crippen molar-refractivity contribution in [1.82, 2.24) is 0 Å². The standard InChI is InChI=1S/C10H24NO5P/c1-8(2)4-5-9(3)10(11,6-12)7-16-17(13,14)15/h8-9,12H,4-7,11H2,1-3H3,(H2,13,14,15). The molecule has 0 aromatic heterocycles. The lowest BCUT2D eigenvalue weighted by atomic mass is 9.83. The van der Waals surface area contributed by atoms with Gasteiger partial charge in [-0.25, -0.2) is 4.57 Å². The van der Waals surface area contributed by atoms with E-state index in [1.807, 2.05) is 6.92 Å². The second kappa shape index (κ2) is 6.83. The lowest BCUT2D eigenvalue weighted by Gasteiger charge is -2.33. The number of hydrogen-bond donors (Lipinski definition) is 4. The Bertz CT molecular complexity index is 267. The van der Waals surface area contributed by atoms with Gasteiger partial charge in [0.2, 0.25) is 0 Å². The average molecular weight is 269 g/mol. The van der Waals surface area contributed by atoms with Gasteiger partial charge in [-0.15, -0.1) is 0 Å². The lowest BCUT2D eigenvalue weighted by Crippen LogP contribution is -2.53.